The summed E-state index contributed by atoms with van der Waals surface area (Å²) in [6.45, 7) is 4.07. The maximum Gasteiger partial charge on any atom is 0.277 e. The van der Waals surface area contributed by atoms with Gasteiger partial charge in [0.15, 0.2) is 6.61 Å². The molecule has 4 heteroatoms. The number of nitrogens with zero attached hydrogens (tertiary/aromatic N) is 1. The Balaban J connectivity index is 2.23. The molecule has 1 rings (SSSR count). The fourth-order valence-electron chi connectivity index (χ4n) is 1.36. The first-order chi connectivity index (χ1) is 8.72. The molecule has 0 fully saturated rings. The molecule has 1 N–H and O–H groups in total. The molecule has 1 aromatic carbocycles. The third kappa shape index (κ3) is 6.03. The van der Waals surface area contributed by atoms with Gasteiger partial charge < -0.3 is 4.74 Å². The molecule has 1 amide bonds. The Bertz CT molecular complexity index is 403. The number of nitrogens with one attached hydrogen (secondary N) is 1. The van der Waals surface area contributed by atoms with Crippen molar-refractivity contribution < 1.29 is 9.53 Å². The molecule has 0 unspecified atom stereocenters. The first-order valence-corrected chi connectivity index (χ1v) is 6.22. The van der Waals surface area contributed by atoms with Crippen molar-refractivity contribution in [1.82, 2.24) is 5.43 Å². The number of hydrogen-bond acceptors (Lipinski definition) is 3. The highest BCUT2D eigenvalue weighted by Crippen LogP contribution is 2.11. The number of amides is 1. The second-order valence-electron chi connectivity index (χ2n) is 4.09. The number of carbonyl (C=O) groups excluding carboxylic acids is 1. The molecule has 0 aliphatic carbocycles. The minimum absolute atomic E-state index is 0.0193. The summed E-state index contributed by atoms with van der Waals surface area (Å²) in [5, 5.41) is 3.83. The van der Waals surface area contributed by atoms with E-state index in [1.165, 1.54) is 0 Å². The summed E-state index contributed by atoms with van der Waals surface area (Å²) in [6.07, 6.45) is 4.80. The Morgan fingerprint density at radius 2 is 2.33 bits per heavy atom. The highest BCUT2D eigenvalue weighted by molar-refractivity contribution is 5.78. The molecule has 0 aromatic heterocycles. The van der Waals surface area contributed by atoms with Gasteiger partial charge in [-0.05, 0) is 37.5 Å². The van der Waals surface area contributed by atoms with E-state index < -0.39 is 0 Å². The highest BCUT2D eigenvalue weighted by Gasteiger charge is 2.00. The van der Waals surface area contributed by atoms with Crippen molar-refractivity contribution in [3.8, 4) is 5.75 Å². The van der Waals surface area contributed by atoms with E-state index in [2.05, 4.69) is 17.5 Å². The van der Waals surface area contributed by atoms with Gasteiger partial charge in [-0.1, -0.05) is 25.5 Å². The van der Waals surface area contributed by atoms with Gasteiger partial charge in [0.05, 0.1) is 0 Å². The van der Waals surface area contributed by atoms with Crippen LogP contribution in [0.1, 0.15) is 31.7 Å². The largest absolute Gasteiger partial charge is 0.484 e. The molecule has 0 aliphatic heterocycles. The summed E-state index contributed by atoms with van der Waals surface area (Å²) in [7, 11) is 0. The molecule has 0 atom stereocenters. The number of hydrazone groups is 1. The summed E-state index contributed by atoms with van der Waals surface area (Å²) in [5.74, 6) is 0.448. The van der Waals surface area contributed by atoms with E-state index in [4.69, 9.17) is 4.74 Å². The van der Waals surface area contributed by atoms with Crippen LogP contribution in [0.3, 0.4) is 0 Å². The van der Waals surface area contributed by atoms with Crippen LogP contribution in [-0.4, -0.2) is 18.7 Å². The number of rotatable bonds is 7. The monoisotopic (exact) mass is 248 g/mol. The van der Waals surface area contributed by atoms with E-state index in [0.29, 0.717) is 5.75 Å². The van der Waals surface area contributed by atoms with E-state index in [1.807, 2.05) is 31.2 Å². The molecule has 0 saturated carbocycles. The van der Waals surface area contributed by atoms with Crippen molar-refractivity contribution in [3.05, 3.63) is 29.8 Å². The molecule has 1 aromatic rings. The van der Waals surface area contributed by atoms with Crippen LogP contribution in [-0.2, 0) is 4.79 Å². The third-order valence-electron chi connectivity index (χ3n) is 2.33. The van der Waals surface area contributed by atoms with Crippen LogP contribution in [0.2, 0.25) is 0 Å². The lowest BCUT2D eigenvalue weighted by molar-refractivity contribution is -0.123. The van der Waals surface area contributed by atoms with Crippen molar-refractivity contribution in [2.24, 2.45) is 5.10 Å². The van der Waals surface area contributed by atoms with Crippen LogP contribution < -0.4 is 10.2 Å². The lowest BCUT2D eigenvalue weighted by Crippen LogP contribution is -2.24. The topological polar surface area (TPSA) is 50.7 Å². The second-order valence-corrected chi connectivity index (χ2v) is 4.09. The Labute approximate surface area is 108 Å². The van der Waals surface area contributed by atoms with Gasteiger partial charge in [-0.3, -0.25) is 4.79 Å². The number of benzene rings is 1. The van der Waals surface area contributed by atoms with Crippen molar-refractivity contribution in [1.29, 1.82) is 0 Å². The molecule has 0 aliphatic rings. The van der Waals surface area contributed by atoms with Crippen LogP contribution in [0, 0.1) is 6.92 Å². The molecule has 18 heavy (non-hydrogen) atoms. The molecule has 0 spiro atoms. The maximum atomic E-state index is 11.4. The van der Waals surface area contributed by atoms with Crippen LogP contribution in [0.25, 0.3) is 0 Å². The fraction of sp³-hybridized carbons (Fsp3) is 0.429. The van der Waals surface area contributed by atoms with Crippen LogP contribution >= 0.6 is 0 Å². The zero-order valence-corrected chi connectivity index (χ0v) is 11.0. The number of carbonyl (C=O) groups is 1. The number of unbranched alkanes of at least 4 members (excludes halogenated alkanes) is 2. The van der Waals surface area contributed by atoms with Crippen LogP contribution in [0.4, 0.5) is 0 Å². The zero-order valence-electron chi connectivity index (χ0n) is 11.0. The highest BCUT2D eigenvalue weighted by atomic mass is 16.5. The molecule has 0 heterocycles. The van der Waals surface area contributed by atoms with Crippen molar-refractivity contribution in [3.63, 3.8) is 0 Å². The van der Waals surface area contributed by atoms with E-state index >= 15 is 0 Å². The summed E-state index contributed by atoms with van der Waals surface area (Å²) in [6, 6.07) is 7.58. The average Bonchev–Trinajstić information content (AvgIpc) is 2.36. The van der Waals surface area contributed by atoms with Gasteiger partial charge in [0.25, 0.3) is 5.91 Å². The smallest absolute Gasteiger partial charge is 0.277 e. The van der Waals surface area contributed by atoms with Gasteiger partial charge >= 0.3 is 0 Å². The van der Waals surface area contributed by atoms with E-state index in [9.17, 15) is 4.79 Å². The summed E-state index contributed by atoms with van der Waals surface area (Å²) in [5.41, 5.74) is 3.53. The first-order valence-electron chi connectivity index (χ1n) is 6.22. The number of aryl methyl sites for hydroxylation is 1. The van der Waals surface area contributed by atoms with Crippen LogP contribution in [0.5, 0.6) is 5.75 Å². The van der Waals surface area contributed by atoms with Gasteiger partial charge in [-0.25, -0.2) is 5.43 Å². The summed E-state index contributed by atoms with van der Waals surface area (Å²) >= 11 is 0. The van der Waals surface area contributed by atoms with Crippen molar-refractivity contribution in [2.75, 3.05) is 6.61 Å². The standard InChI is InChI=1S/C14H20N2O2/c1-3-4-5-9-15-16-14(17)11-18-13-8-6-7-12(2)10-13/h6-10H,3-5,11H2,1-2H3,(H,16,17)/b15-9-. The van der Waals surface area contributed by atoms with E-state index in [1.54, 1.807) is 6.21 Å². The molecular formula is C14H20N2O2. The molecule has 0 bridgehead atoms. The number of hydrogen-bond donors (Lipinski definition) is 1. The lowest BCUT2D eigenvalue weighted by atomic mass is 10.2. The van der Waals surface area contributed by atoms with Gasteiger partial charge in [-0.2, -0.15) is 5.10 Å². The number of ether oxygens (including phenoxy) is 1. The third-order valence-corrected chi connectivity index (χ3v) is 2.33. The van der Waals surface area contributed by atoms with Gasteiger partial charge in [0, 0.05) is 6.21 Å². The predicted octanol–water partition coefficient (Wildman–Crippen LogP) is 2.67. The van der Waals surface area contributed by atoms with Crippen molar-refractivity contribution in [2.45, 2.75) is 33.1 Å². The Morgan fingerprint density at radius 3 is 3.06 bits per heavy atom. The van der Waals surface area contributed by atoms with E-state index in [-0.39, 0.29) is 12.5 Å². The van der Waals surface area contributed by atoms with E-state index in [0.717, 1.165) is 24.8 Å². The predicted molar refractivity (Wildman–Crippen MR) is 72.8 cm³/mol. The minimum Gasteiger partial charge on any atom is -0.484 e. The summed E-state index contributed by atoms with van der Waals surface area (Å²) < 4.78 is 5.34. The first kappa shape index (κ1) is 14.2. The maximum absolute atomic E-state index is 11.4. The lowest BCUT2D eigenvalue weighted by Gasteiger charge is -2.05. The average molecular weight is 248 g/mol. The van der Waals surface area contributed by atoms with Crippen molar-refractivity contribution >= 4 is 12.1 Å². The molecule has 0 saturated heterocycles. The second kappa shape index (κ2) is 8.28. The van der Waals surface area contributed by atoms with Gasteiger partial charge in [-0.15, -0.1) is 0 Å². The van der Waals surface area contributed by atoms with Gasteiger partial charge in [0.2, 0.25) is 0 Å². The summed E-state index contributed by atoms with van der Waals surface area (Å²) in [4.78, 5) is 11.4. The Hall–Kier alpha value is -1.84. The molecule has 0 radical (unpaired) electrons. The SMILES string of the molecule is CCCC/C=N\NC(=O)COc1cccc(C)c1. The molecule has 98 valence electrons. The fourth-order valence-corrected chi connectivity index (χ4v) is 1.36. The quantitative estimate of drug-likeness (QED) is 0.458. The normalized spacial score (nSPS) is 10.6. The molecule has 4 nitrogen and oxygen atoms in total. The minimum atomic E-state index is -0.246. The van der Waals surface area contributed by atoms with Gasteiger partial charge in [0.1, 0.15) is 5.75 Å². The zero-order chi connectivity index (χ0) is 13.2. The Kier molecular flexibility index (Phi) is 6.54. The van der Waals surface area contributed by atoms with Crippen LogP contribution in [0.15, 0.2) is 29.4 Å². The Morgan fingerprint density at radius 1 is 1.50 bits per heavy atom. The molecular weight excluding hydrogens is 228 g/mol.